The second kappa shape index (κ2) is 7.26. The van der Waals surface area contributed by atoms with Gasteiger partial charge >= 0.3 is 0 Å². The third kappa shape index (κ3) is 3.08. The summed E-state index contributed by atoms with van der Waals surface area (Å²) in [4.78, 5) is 22.3. The first-order valence-corrected chi connectivity index (χ1v) is 10.1. The number of hydrogen-bond donors (Lipinski definition) is 1. The van der Waals surface area contributed by atoms with Crippen LogP contribution < -0.4 is 10.2 Å². The quantitative estimate of drug-likeness (QED) is 0.549. The van der Waals surface area contributed by atoms with Gasteiger partial charge in [0, 0.05) is 42.2 Å². The number of halogens is 2. The van der Waals surface area contributed by atoms with Crippen LogP contribution in [-0.2, 0) is 4.79 Å². The van der Waals surface area contributed by atoms with Crippen LogP contribution in [0.5, 0.6) is 0 Å². The van der Waals surface area contributed by atoms with Gasteiger partial charge in [-0.05, 0) is 31.2 Å². The van der Waals surface area contributed by atoms with Crippen LogP contribution in [0.1, 0.15) is 31.0 Å². The Morgan fingerprint density at radius 1 is 1.23 bits per heavy atom. The van der Waals surface area contributed by atoms with E-state index < -0.39 is 17.6 Å². The van der Waals surface area contributed by atoms with E-state index in [0.717, 1.165) is 0 Å². The van der Waals surface area contributed by atoms with Crippen molar-refractivity contribution >= 4 is 28.3 Å². The molecule has 31 heavy (non-hydrogen) atoms. The van der Waals surface area contributed by atoms with Gasteiger partial charge in [0.15, 0.2) is 5.65 Å². The van der Waals surface area contributed by atoms with Crippen LogP contribution in [0, 0.1) is 11.6 Å². The molecule has 0 bridgehead atoms. The Bertz CT molecular complexity index is 1320. The molecule has 1 aliphatic rings. The largest absolute Gasteiger partial charge is 0.353 e. The normalized spacial score (nSPS) is 17.9. The maximum atomic E-state index is 15.3. The van der Waals surface area contributed by atoms with Crippen molar-refractivity contribution in [1.29, 1.82) is 0 Å². The molecule has 4 aromatic rings. The number of fused-ring (bicyclic) bond motifs is 2. The second-order valence-corrected chi connectivity index (χ2v) is 7.68. The van der Waals surface area contributed by atoms with E-state index in [9.17, 15) is 9.18 Å². The molecular weight excluding hydrogens is 402 g/mol. The lowest BCUT2D eigenvalue weighted by atomic mass is 9.95. The van der Waals surface area contributed by atoms with Gasteiger partial charge in [-0.25, -0.2) is 18.3 Å². The average molecular weight is 422 g/mol. The summed E-state index contributed by atoms with van der Waals surface area (Å²) in [6.45, 7) is 4.67. The van der Waals surface area contributed by atoms with Crippen LogP contribution in [0.3, 0.4) is 0 Å². The van der Waals surface area contributed by atoms with Gasteiger partial charge in [-0.15, -0.1) is 5.10 Å². The number of carbonyl (C=O) groups is 1. The monoisotopic (exact) mass is 422 g/mol. The molecule has 0 unspecified atom stereocenters. The van der Waals surface area contributed by atoms with Crippen LogP contribution in [-0.4, -0.2) is 44.6 Å². The molecule has 1 saturated heterocycles. The predicted octanol–water partition coefficient (Wildman–Crippen LogP) is 3.03. The van der Waals surface area contributed by atoms with E-state index >= 15 is 4.39 Å². The number of imidazole rings is 1. The molecular formula is C22H20F2N6O. The van der Waals surface area contributed by atoms with Crippen molar-refractivity contribution in [3.63, 3.8) is 0 Å². The summed E-state index contributed by atoms with van der Waals surface area (Å²) in [5.41, 5.74) is 1.32. The molecule has 0 spiro atoms. The molecule has 0 radical (unpaired) electrons. The van der Waals surface area contributed by atoms with Crippen LogP contribution in [0.25, 0.3) is 16.6 Å². The van der Waals surface area contributed by atoms with E-state index in [1.54, 1.807) is 41.9 Å². The van der Waals surface area contributed by atoms with Gasteiger partial charge in [-0.2, -0.15) is 0 Å². The lowest BCUT2D eigenvalue weighted by Crippen LogP contribution is -2.54. The number of piperazine rings is 1. The fourth-order valence-electron chi connectivity index (χ4n) is 4.14. The zero-order valence-corrected chi connectivity index (χ0v) is 17.0. The Morgan fingerprint density at radius 2 is 2.06 bits per heavy atom. The minimum atomic E-state index is -0.663. The standard InChI is InChI=1S/C22H20F2N6O/c1-12(20-15(23)10-16-14(21(20)24)4-3-7-25-16)17-11-27-18-5-6-19(28-30(17)18)29-9-8-26-22(31)13(29)2/h3-7,10-13H,8-9H2,1-2H3,(H,26,31)/t12-,13+/m1/s1. The third-order valence-corrected chi connectivity index (χ3v) is 5.88. The molecule has 7 nitrogen and oxygen atoms in total. The zero-order chi connectivity index (χ0) is 21.7. The molecule has 0 saturated carbocycles. The lowest BCUT2D eigenvalue weighted by Gasteiger charge is -2.33. The van der Waals surface area contributed by atoms with Gasteiger partial charge in [-0.3, -0.25) is 9.78 Å². The first-order chi connectivity index (χ1) is 15.0. The second-order valence-electron chi connectivity index (χ2n) is 7.68. The Hall–Kier alpha value is -3.62. The fraction of sp³-hybridized carbons (Fsp3) is 0.273. The lowest BCUT2D eigenvalue weighted by molar-refractivity contribution is -0.122. The molecule has 5 rings (SSSR count). The number of hydrogen-bond acceptors (Lipinski definition) is 5. The maximum absolute atomic E-state index is 15.3. The summed E-state index contributed by atoms with van der Waals surface area (Å²) in [5.74, 6) is -1.41. The molecule has 1 amide bonds. The first kappa shape index (κ1) is 19.3. The minimum Gasteiger partial charge on any atom is -0.353 e. The van der Waals surface area contributed by atoms with Crippen molar-refractivity contribution in [1.82, 2.24) is 24.9 Å². The van der Waals surface area contributed by atoms with Gasteiger partial charge in [0.1, 0.15) is 23.5 Å². The summed E-state index contributed by atoms with van der Waals surface area (Å²) in [7, 11) is 0. The van der Waals surface area contributed by atoms with Crippen LogP contribution in [0.4, 0.5) is 14.6 Å². The van der Waals surface area contributed by atoms with Gasteiger partial charge in [-0.1, -0.05) is 6.92 Å². The van der Waals surface area contributed by atoms with Crippen molar-refractivity contribution in [3.05, 3.63) is 65.6 Å². The number of nitrogens with zero attached hydrogens (tertiary/aromatic N) is 5. The van der Waals surface area contributed by atoms with E-state index in [1.807, 2.05) is 11.8 Å². The molecule has 2 atom stereocenters. The smallest absolute Gasteiger partial charge is 0.242 e. The highest BCUT2D eigenvalue weighted by Gasteiger charge is 2.28. The molecule has 1 fully saturated rings. The Kier molecular flexibility index (Phi) is 4.53. The SMILES string of the molecule is C[C@@H](c1c(F)cc2ncccc2c1F)c1cnc2ccc(N3CCNC(=O)[C@@H]3C)nn12. The predicted molar refractivity (Wildman–Crippen MR) is 112 cm³/mol. The maximum Gasteiger partial charge on any atom is 0.242 e. The summed E-state index contributed by atoms with van der Waals surface area (Å²) in [5, 5.41) is 7.75. The molecule has 1 aliphatic heterocycles. The summed E-state index contributed by atoms with van der Waals surface area (Å²) in [6, 6.07) is 7.67. The Balaban J connectivity index is 1.61. The Morgan fingerprint density at radius 3 is 2.90 bits per heavy atom. The highest BCUT2D eigenvalue weighted by molar-refractivity contribution is 5.85. The van der Waals surface area contributed by atoms with Crippen molar-refractivity contribution < 1.29 is 13.6 Å². The molecule has 4 heterocycles. The summed E-state index contributed by atoms with van der Waals surface area (Å²) < 4.78 is 31.7. The molecule has 0 aliphatic carbocycles. The van der Waals surface area contributed by atoms with Gasteiger partial charge < -0.3 is 10.2 Å². The zero-order valence-electron chi connectivity index (χ0n) is 17.0. The average Bonchev–Trinajstić information content (AvgIpc) is 3.19. The molecule has 3 aromatic heterocycles. The topological polar surface area (TPSA) is 75.4 Å². The van der Waals surface area contributed by atoms with Crippen molar-refractivity contribution in [2.24, 2.45) is 0 Å². The number of nitrogens with one attached hydrogen (secondary N) is 1. The van der Waals surface area contributed by atoms with E-state index in [0.29, 0.717) is 30.2 Å². The van der Waals surface area contributed by atoms with E-state index in [1.165, 1.54) is 12.3 Å². The van der Waals surface area contributed by atoms with E-state index in [4.69, 9.17) is 0 Å². The molecule has 9 heteroatoms. The van der Waals surface area contributed by atoms with Crippen molar-refractivity contribution in [2.75, 3.05) is 18.0 Å². The van der Waals surface area contributed by atoms with Crippen molar-refractivity contribution in [3.8, 4) is 0 Å². The highest BCUT2D eigenvalue weighted by Crippen LogP contribution is 2.33. The third-order valence-electron chi connectivity index (χ3n) is 5.88. The number of benzene rings is 1. The van der Waals surface area contributed by atoms with Crippen LogP contribution in [0.15, 0.2) is 42.7 Å². The fourth-order valence-corrected chi connectivity index (χ4v) is 4.14. The summed E-state index contributed by atoms with van der Waals surface area (Å²) >= 11 is 0. The number of amides is 1. The molecule has 1 aromatic carbocycles. The van der Waals surface area contributed by atoms with Crippen molar-refractivity contribution in [2.45, 2.75) is 25.8 Å². The number of aromatic nitrogens is 4. The highest BCUT2D eigenvalue weighted by atomic mass is 19.1. The van der Waals surface area contributed by atoms with E-state index in [2.05, 4.69) is 20.4 Å². The minimum absolute atomic E-state index is 0.0554. The number of pyridine rings is 1. The summed E-state index contributed by atoms with van der Waals surface area (Å²) in [6.07, 6.45) is 3.08. The Labute approximate surface area is 176 Å². The van der Waals surface area contributed by atoms with Gasteiger partial charge in [0.25, 0.3) is 0 Å². The van der Waals surface area contributed by atoms with Crippen LogP contribution in [0.2, 0.25) is 0 Å². The number of rotatable bonds is 3. The number of carbonyl (C=O) groups excluding carboxylic acids is 1. The van der Waals surface area contributed by atoms with Gasteiger partial charge in [0.05, 0.1) is 17.4 Å². The molecule has 158 valence electrons. The number of anilines is 1. The molecule has 1 N–H and O–H groups in total. The van der Waals surface area contributed by atoms with Crippen LogP contribution >= 0.6 is 0 Å². The van der Waals surface area contributed by atoms with Gasteiger partial charge in [0.2, 0.25) is 5.91 Å². The first-order valence-electron chi connectivity index (χ1n) is 10.1. The van der Waals surface area contributed by atoms with E-state index in [-0.39, 0.29) is 28.4 Å².